The molecule has 0 aliphatic carbocycles. The Labute approximate surface area is 227 Å². The Bertz CT molecular complexity index is 1420. The number of fused-ring (bicyclic) bond motifs is 1. The van der Waals surface area contributed by atoms with Crippen LogP contribution in [0.1, 0.15) is 47.1 Å². The number of aromatic nitrogens is 2. The van der Waals surface area contributed by atoms with Gasteiger partial charge in [0.25, 0.3) is 5.91 Å². The standard InChI is InChI=1S/C30H30ClN3O4/c1-4-37-24-15-10-21(18-25(24)38-5-2)29-26-27(20-8-11-22(31)12-9-20)32-33-28(26)30(35)34(29)17-16-19-6-13-23(36-3)14-7-19/h6-15,18,29H,4-5,16-17H2,1-3H3,(H,32,33). The van der Waals surface area contributed by atoms with Gasteiger partial charge in [0.1, 0.15) is 11.4 Å². The van der Waals surface area contributed by atoms with Crippen LogP contribution in [0.15, 0.2) is 66.7 Å². The molecule has 3 aromatic carbocycles. The summed E-state index contributed by atoms with van der Waals surface area (Å²) in [5.41, 5.74) is 5.01. The third-order valence-electron chi connectivity index (χ3n) is 6.67. The van der Waals surface area contributed by atoms with Crippen molar-refractivity contribution >= 4 is 17.5 Å². The number of halogens is 1. The quantitative estimate of drug-likeness (QED) is 0.259. The lowest BCUT2D eigenvalue weighted by Crippen LogP contribution is -2.31. The zero-order chi connectivity index (χ0) is 26.6. The van der Waals surface area contributed by atoms with E-state index in [1.807, 2.05) is 85.5 Å². The second-order valence-electron chi connectivity index (χ2n) is 8.94. The van der Waals surface area contributed by atoms with E-state index in [1.54, 1.807) is 7.11 Å². The lowest BCUT2D eigenvalue weighted by Gasteiger charge is -2.27. The molecule has 1 unspecified atom stereocenters. The number of hydrogen-bond acceptors (Lipinski definition) is 5. The number of carbonyl (C=O) groups excluding carboxylic acids is 1. The van der Waals surface area contributed by atoms with E-state index in [9.17, 15) is 4.79 Å². The first-order valence-corrected chi connectivity index (χ1v) is 13.1. The average molecular weight is 532 g/mol. The van der Waals surface area contributed by atoms with Gasteiger partial charge in [-0.1, -0.05) is 41.9 Å². The monoisotopic (exact) mass is 531 g/mol. The number of nitrogens with one attached hydrogen (secondary N) is 1. The average Bonchev–Trinajstić information content (AvgIpc) is 3.48. The van der Waals surface area contributed by atoms with Gasteiger partial charge in [-0.05, 0) is 67.8 Å². The van der Waals surface area contributed by atoms with Gasteiger partial charge in [-0.25, -0.2) is 0 Å². The van der Waals surface area contributed by atoms with Crippen molar-refractivity contribution in [2.45, 2.75) is 26.3 Å². The van der Waals surface area contributed by atoms with Crippen molar-refractivity contribution in [2.24, 2.45) is 0 Å². The molecule has 38 heavy (non-hydrogen) atoms. The second kappa shape index (κ2) is 11.2. The van der Waals surface area contributed by atoms with Gasteiger partial charge in [0.15, 0.2) is 11.5 Å². The van der Waals surface area contributed by atoms with Crippen molar-refractivity contribution in [1.82, 2.24) is 15.1 Å². The molecule has 4 aromatic rings. The summed E-state index contributed by atoms with van der Waals surface area (Å²) in [6.45, 7) is 5.44. The number of rotatable bonds is 10. The first-order valence-electron chi connectivity index (χ1n) is 12.7. The first-order chi connectivity index (χ1) is 18.5. The summed E-state index contributed by atoms with van der Waals surface area (Å²) in [6, 6.07) is 21.0. The van der Waals surface area contributed by atoms with Crippen LogP contribution in [-0.2, 0) is 6.42 Å². The van der Waals surface area contributed by atoms with Crippen LogP contribution in [0.5, 0.6) is 17.2 Å². The number of nitrogens with zero attached hydrogens (tertiary/aromatic N) is 2. The number of ether oxygens (including phenoxy) is 3. The van der Waals surface area contributed by atoms with Crippen LogP contribution in [-0.4, -0.2) is 47.9 Å². The number of hydrogen-bond donors (Lipinski definition) is 1. The number of methoxy groups -OCH3 is 1. The maximum atomic E-state index is 13.7. The predicted molar refractivity (Wildman–Crippen MR) is 147 cm³/mol. The highest BCUT2D eigenvalue weighted by molar-refractivity contribution is 6.30. The molecule has 8 heteroatoms. The van der Waals surface area contributed by atoms with Crippen LogP contribution in [0.2, 0.25) is 5.02 Å². The van der Waals surface area contributed by atoms with Crippen LogP contribution < -0.4 is 14.2 Å². The van der Waals surface area contributed by atoms with Crippen LogP contribution in [0.3, 0.4) is 0 Å². The van der Waals surface area contributed by atoms with Crippen LogP contribution in [0, 0.1) is 0 Å². The van der Waals surface area contributed by atoms with Gasteiger partial charge in [0.05, 0.1) is 32.1 Å². The molecule has 1 N–H and O–H groups in total. The highest BCUT2D eigenvalue weighted by Crippen LogP contribution is 2.44. The molecule has 0 fully saturated rings. The topological polar surface area (TPSA) is 76.7 Å². The molecule has 0 saturated carbocycles. The van der Waals surface area contributed by atoms with Crippen molar-refractivity contribution in [3.8, 4) is 28.5 Å². The minimum absolute atomic E-state index is 0.0851. The number of aromatic amines is 1. The molecule has 1 amide bonds. The Kier molecular flexibility index (Phi) is 7.56. The molecule has 5 rings (SSSR count). The van der Waals surface area contributed by atoms with Crippen molar-refractivity contribution in [3.63, 3.8) is 0 Å². The summed E-state index contributed by atoms with van der Waals surface area (Å²) in [4.78, 5) is 15.6. The van der Waals surface area contributed by atoms with E-state index in [-0.39, 0.29) is 11.9 Å². The largest absolute Gasteiger partial charge is 0.497 e. The molecule has 0 saturated heterocycles. The minimum atomic E-state index is -0.352. The van der Waals surface area contributed by atoms with E-state index in [0.717, 1.165) is 33.7 Å². The molecular formula is C30H30ClN3O4. The highest BCUT2D eigenvalue weighted by atomic mass is 35.5. The zero-order valence-corrected chi connectivity index (χ0v) is 22.4. The van der Waals surface area contributed by atoms with E-state index in [2.05, 4.69) is 10.2 Å². The second-order valence-corrected chi connectivity index (χ2v) is 9.38. The van der Waals surface area contributed by atoms with Gasteiger partial charge in [0.2, 0.25) is 0 Å². The summed E-state index contributed by atoms with van der Waals surface area (Å²) in [6.07, 6.45) is 0.690. The van der Waals surface area contributed by atoms with Gasteiger partial charge in [-0.15, -0.1) is 0 Å². The van der Waals surface area contributed by atoms with E-state index in [1.165, 1.54) is 0 Å². The van der Waals surface area contributed by atoms with Crippen LogP contribution in [0.25, 0.3) is 11.3 Å². The molecule has 0 bridgehead atoms. The Hall–Kier alpha value is -3.97. The summed E-state index contributed by atoms with van der Waals surface area (Å²) in [5, 5.41) is 8.21. The van der Waals surface area contributed by atoms with Gasteiger partial charge in [0, 0.05) is 22.7 Å². The number of carbonyl (C=O) groups is 1. The third-order valence-corrected chi connectivity index (χ3v) is 6.92. The molecule has 196 valence electrons. The van der Waals surface area contributed by atoms with E-state index in [4.69, 9.17) is 25.8 Å². The number of benzene rings is 3. The fourth-order valence-electron chi connectivity index (χ4n) is 4.88. The molecule has 1 aliphatic rings. The Morgan fingerprint density at radius 2 is 1.66 bits per heavy atom. The van der Waals surface area contributed by atoms with Gasteiger partial charge < -0.3 is 19.1 Å². The Morgan fingerprint density at radius 3 is 2.34 bits per heavy atom. The van der Waals surface area contributed by atoms with E-state index in [0.29, 0.717) is 48.4 Å². The molecule has 0 radical (unpaired) electrons. The smallest absolute Gasteiger partial charge is 0.273 e. The van der Waals surface area contributed by atoms with Gasteiger partial charge in [-0.2, -0.15) is 5.10 Å². The lowest BCUT2D eigenvalue weighted by atomic mass is 9.95. The normalized spacial score (nSPS) is 14.5. The fourth-order valence-corrected chi connectivity index (χ4v) is 5.01. The minimum Gasteiger partial charge on any atom is -0.497 e. The highest BCUT2D eigenvalue weighted by Gasteiger charge is 2.42. The Balaban J connectivity index is 1.56. The van der Waals surface area contributed by atoms with Gasteiger partial charge in [-0.3, -0.25) is 9.89 Å². The first kappa shape index (κ1) is 25.7. The van der Waals surface area contributed by atoms with Crippen molar-refractivity contribution < 1.29 is 19.0 Å². The maximum Gasteiger partial charge on any atom is 0.273 e. The lowest BCUT2D eigenvalue weighted by molar-refractivity contribution is 0.0745. The molecule has 2 heterocycles. The van der Waals surface area contributed by atoms with Crippen molar-refractivity contribution in [2.75, 3.05) is 26.9 Å². The fraction of sp³-hybridized carbons (Fsp3) is 0.267. The molecular weight excluding hydrogens is 502 g/mol. The van der Waals surface area contributed by atoms with E-state index < -0.39 is 0 Å². The summed E-state index contributed by atoms with van der Waals surface area (Å²) in [5.74, 6) is 2.05. The van der Waals surface area contributed by atoms with E-state index >= 15 is 0 Å². The van der Waals surface area contributed by atoms with Crippen LogP contribution in [0.4, 0.5) is 0 Å². The maximum absolute atomic E-state index is 13.7. The van der Waals surface area contributed by atoms with Crippen molar-refractivity contribution in [1.29, 1.82) is 0 Å². The molecule has 1 atom stereocenters. The van der Waals surface area contributed by atoms with Crippen LogP contribution >= 0.6 is 11.6 Å². The Morgan fingerprint density at radius 1 is 0.947 bits per heavy atom. The molecule has 1 aliphatic heterocycles. The molecule has 0 spiro atoms. The molecule has 1 aromatic heterocycles. The van der Waals surface area contributed by atoms with Gasteiger partial charge >= 0.3 is 0 Å². The predicted octanol–water partition coefficient (Wildman–Crippen LogP) is 6.32. The summed E-state index contributed by atoms with van der Waals surface area (Å²) < 4.78 is 17.0. The third kappa shape index (κ3) is 4.94. The SMILES string of the molecule is CCOc1ccc(C2c3c(-c4ccc(Cl)cc4)n[nH]c3C(=O)N2CCc2ccc(OC)cc2)cc1OCC. The summed E-state index contributed by atoms with van der Waals surface area (Å²) >= 11 is 6.14. The number of amides is 1. The number of H-pyrrole nitrogens is 1. The zero-order valence-electron chi connectivity index (χ0n) is 21.7. The molecule has 7 nitrogen and oxygen atoms in total. The summed E-state index contributed by atoms with van der Waals surface area (Å²) in [7, 11) is 1.65. The van der Waals surface area contributed by atoms with Crippen molar-refractivity contribution in [3.05, 3.63) is 94.1 Å².